The van der Waals surface area contributed by atoms with Gasteiger partial charge in [-0.15, -0.1) is 0 Å². The smallest absolute Gasteiger partial charge is 0.280 e. The third-order valence-corrected chi connectivity index (χ3v) is 4.18. The molecule has 0 aliphatic heterocycles. The largest absolute Gasteiger partial charge is 0.288 e. The number of halogens is 1. The van der Waals surface area contributed by atoms with Crippen LogP contribution in [0.1, 0.15) is 41.2 Å². The van der Waals surface area contributed by atoms with E-state index in [-0.39, 0.29) is 28.1 Å². The number of nitrogens with one attached hydrogen (secondary N) is 1. The molecule has 1 aliphatic rings. The number of anilines is 1. The molecular formula is C12H14ClN7O2. The Kier molecular flexibility index (Phi) is 3.65. The van der Waals surface area contributed by atoms with E-state index in [1.807, 2.05) is 0 Å². The Labute approximate surface area is 130 Å². The van der Waals surface area contributed by atoms with E-state index in [9.17, 15) is 9.59 Å². The highest BCUT2D eigenvalue weighted by Gasteiger charge is 2.29. The van der Waals surface area contributed by atoms with E-state index in [1.165, 1.54) is 11.7 Å². The molecule has 0 radical (unpaired) electrons. The molecule has 2 heterocycles. The third-order valence-electron chi connectivity index (χ3n) is 3.79. The topological polar surface area (TPSA) is 108 Å². The Morgan fingerprint density at radius 2 is 2.05 bits per heavy atom. The van der Waals surface area contributed by atoms with Crippen molar-refractivity contribution in [1.29, 1.82) is 0 Å². The van der Waals surface area contributed by atoms with Crippen LogP contribution >= 0.6 is 11.6 Å². The van der Waals surface area contributed by atoms with E-state index in [4.69, 9.17) is 11.6 Å². The van der Waals surface area contributed by atoms with Gasteiger partial charge in [-0.2, -0.15) is 5.10 Å². The van der Waals surface area contributed by atoms with Crippen molar-refractivity contribution in [2.45, 2.75) is 25.2 Å². The quantitative estimate of drug-likeness (QED) is 0.880. The molecule has 0 bridgehead atoms. The maximum absolute atomic E-state index is 12.3. The van der Waals surface area contributed by atoms with Crippen LogP contribution < -0.4 is 10.9 Å². The summed E-state index contributed by atoms with van der Waals surface area (Å²) in [6.45, 7) is 0. The lowest BCUT2D eigenvalue weighted by molar-refractivity contribution is 0.101. The molecule has 0 aromatic carbocycles. The summed E-state index contributed by atoms with van der Waals surface area (Å²) in [6.07, 6.45) is 2.85. The lowest BCUT2D eigenvalue weighted by Gasteiger charge is -2.26. The van der Waals surface area contributed by atoms with Gasteiger partial charge in [-0.3, -0.25) is 14.9 Å². The molecule has 3 rings (SSSR count). The van der Waals surface area contributed by atoms with Gasteiger partial charge in [-0.25, -0.2) is 9.36 Å². The predicted octanol–water partition coefficient (Wildman–Crippen LogP) is 0.477. The monoisotopic (exact) mass is 323 g/mol. The van der Waals surface area contributed by atoms with Crippen molar-refractivity contribution in [2.24, 2.45) is 14.1 Å². The molecule has 1 saturated carbocycles. The number of tetrazole rings is 1. The van der Waals surface area contributed by atoms with Crippen molar-refractivity contribution in [3.05, 3.63) is 26.6 Å². The zero-order chi connectivity index (χ0) is 15.9. The van der Waals surface area contributed by atoms with Crippen LogP contribution in [-0.4, -0.2) is 35.9 Å². The molecule has 1 amide bonds. The number of carbonyl (C=O) groups excluding carboxylic acids is 1. The van der Waals surface area contributed by atoms with E-state index in [1.54, 1.807) is 7.05 Å². The fraction of sp³-hybridized carbons (Fsp3) is 0.500. The van der Waals surface area contributed by atoms with Crippen LogP contribution in [0.15, 0.2) is 4.79 Å². The van der Waals surface area contributed by atoms with E-state index < -0.39 is 5.91 Å². The van der Waals surface area contributed by atoms with Crippen LogP contribution in [0.25, 0.3) is 0 Å². The molecule has 10 heteroatoms. The maximum atomic E-state index is 12.3. The van der Waals surface area contributed by atoms with E-state index >= 15 is 0 Å². The fourth-order valence-corrected chi connectivity index (χ4v) is 2.69. The van der Waals surface area contributed by atoms with Crippen molar-refractivity contribution in [2.75, 3.05) is 5.32 Å². The van der Waals surface area contributed by atoms with Gasteiger partial charge in [0, 0.05) is 19.7 Å². The van der Waals surface area contributed by atoms with Gasteiger partial charge in [0.1, 0.15) is 0 Å². The van der Waals surface area contributed by atoms with Gasteiger partial charge in [0.2, 0.25) is 5.95 Å². The standard InChI is InChI=1S/C12H14ClN7O2/c1-19-11(22)7(6-4-3-5-6)8(13)9(16-19)10(21)14-12-15-17-18-20(12)2/h6H,3-5H2,1-2H3,(H,14,15,18,21). The van der Waals surface area contributed by atoms with Crippen molar-refractivity contribution >= 4 is 23.5 Å². The van der Waals surface area contributed by atoms with Gasteiger partial charge in [-0.05, 0) is 29.2 Å². The first kappa shape index (κ1) is 14.6. The minimum absolute atomic E-state index is 0.00586. The number of nitrogens with zero attached hydrogens (tertiary/aromatic N) is 6. The lowest BCUT2D eigenvalue weighted by atomic mass is 9.80. The number of hydrogen-bond donors (Lipinski definition) is 1. The fourth-order valence-electron chi connectivity index (χ4n) is 2.33. The van der Waals surface area contributed by atoms with Crippen LogP contribution in [0.2, 0.25) is 5.02 Å². The summed E-state index contributed by atoms with van der Waals surface area (Å²) in [5, 5.41) is 17.3. The van der Waals surface area contributed by atoms with Gasteiger partial charge >= 0.3 is 0 Å². The Morgan fingerprint density at radius 1 is 1.32 bits per heavy atom. The summed E-state index contributed by atoms with van der Waals surface area (Å²) in [6, 6.07) is 0. The van der Waals surface area contributed by atoms with Gasteiger partial charge in [-0.1, -0.05) is 23.1 Å². The lowest BCUT2D eigenvalue weighted by Crippen LogP contribution is -2.32. The first-order valence-corrected chi connectivity index (χ1v) is 7.17. The second kappa shape index (κ2) is 5.48. The first-order valence-electron chi connectivity index (χ1n) is 6.79. The maximum Gasteiger partial charge on any atom is 0.280 e. The SMILES string of the molecule is Cn1nnnc1NC(=O)c1nn(C)c(=O)c(C2CCC2)c1Cl. The minimum atomic E-state index is -0.556. The number of aryl methyl sites for hydroxylation is 2. The summed E-state index contributed by atoms with van der Waals surface area (Å²) in [4.78, 5) is 24.6. The average Bonchev–Trinajstić information content (AvgIpc) is 2.82. The number of carbonyl (C=O) groups is 1. The van der Waals surface area contributed by atoms with Crippen LogP contribution in [0, 0.1) is 0 Å². The summed E-state index contributed by atoms with van der Waals surface area (Å²) >= 11 is 6.27. The second-order valence-electron chi connectivity index (χ2n) is 5.21. The van der Waals surface area contributed by atoms with E-state index in [0.29, 0.717) is 5.56 Å². The van der Waals surface area contributed by atoms with Gasteiger partial charge in [0.05, 0.1) is 5.02 Å². The molecule has 116 valence electrons. The molecule has 2 aromatic heterocycles. The van der Waals surface area contributed by atoms with Crippen LogP contribution in [0.5, 0.6) is 0 Å². The summed E-state index contributed by atoms with van der Waals surface area (Å²) in [5.74, 6) is -0.293. The number of hydrogen-bond acceptors (Lipinski definition) is 6. The molecule has 0 atom stereocenters. The molecule has 0 saturated heterocycles. The Bertz CT molecular complexity index is 793. The molecule has 9 nitrogen and oxygen atoms in total. The molecule has 1 N–H and O–H groups in total. The van der Waals surface area contributed by atoms with Gasteiger partial charge < -0.3 is 0 Å². The minimum Gasteiger partial charge on any atom is -0.288 e. The highest BCUT2D eigenvalue weighted by atomic mass is 35.5. The summed E-state index contributed by atoms with van der Waals surface area (Å²) < 4.78 is 2.45. The molecule has 2 aromatic rings. The van der Waals surface area contributed by atoms with Crippen LogP contribution in [0.4, 0.5) is 5.95 Å². The Balaban J connectivity index is 2.00. The zero-order valence-electron chi connectivity index (χ0n) is 12.1. The molecule has 1 fully saturated rings. The van der Waals surface area contributed by atoms with Crippen molar-refractivity contribution < 1.29 is 4.79 Å². The second-order valence-corrected chi connectivity index (χ2v) is 5.59. The first-order chi connectivity index (χ1) is 10.5. The van der Waals surface area contributed by atoms with Crippen molar-refractivity contribution in [1.82, 2.24) is 30.0 Å². The van der Waals surface area contributed by atoms with Crippen LogP contribution in [-0.2, 0) is 14.1 Å². The Hall–Kier alpha value is -2.29. The zero-order valence-corrected chi connectivity index (χ0v) is 12.8. The van der Waals surface area contributed by atoms with Crippen molar-refractivity contribution in [3.63, 3.8) is 0 Å². The highest BCUT2D eigenvalue weighted by molar-refractivity contribution is 6.34. The predicted molar refractivity (Wildman–Crippen MR) is 77.8 cm³/mol. The van der Waals surface area contributed by atoms with Gasteiger partial charge in [0.25, 0.3) is 11.5 Å². The number of rotatable bonds is 3. The summed E-state index contributed by atoms with van der Waals surface area (Å²) in [7, 11) is 3.09. The van der Waals surface area contributed by atoms with Crippen LogP contribution in [0.3, 0.4) is 0 Å². The van der Waals surface area contributed by atoms with E-state index in [2.05, 4.69) is 25.9 Å². The Morgan fingerprint density at radius 3 is 2.59 bits per heavy atom. The van der Waals surface area contributed by atoms with Crippen molar-refractivity contribution in [3.8, 4) is 0 Å². The normalized spacial score (nSPS) is 14.7. The highest BCUT2D eigenvalue weighted by Crippen LogP contribution is 2.38. The molecule has 0 spiro atoms. The molecule has 22 heavy (non-hydrogen) atoms. The number of amides is 1. The molecular weight excluding hydrogens is 310 g/mol. The van der Waals surface area contributed by atoms with Gasteiger partial charge in [0.15, 0.2) is 5.69 Å². The van der Waals surface area contributed by atoms with E-state index in [0.717, 1.165) is 23.9 Å². The summed E-state index contributed by atoms with van der Waals surface area (Å²) in [5.41, 5.74) is 0.201. The molecule has 0 unspecified atom stereocenters. The molecule has 1 aliphatic carbocycles. The third kappa shape index (κ3) is 2.37. The average molecular weight is 324 g/mol. The number of aromatic nitrogens is 6.